The van der Waals surface area contributed by atoms with Crippen LogP contribution in [0.2, 0.25) is 5.02 Å². The number of hydrogen-bond acceptors (Lipinski definition) is 2. The van der Waals surface area contributed by atoms with Crippen LogP contribution < -0.4 is 0 Å². The van der Waals surface area contributed by atoms with Gasteiger partial charge in [0.2, 0.25) is 0 Å². The minimum absolute atomic E-state index is 0.200. The van der Waals surface area contributed by atoms with Crippen LogP contribution in [0.4, 0.5) is 5.69 Å². The van der Waals surface area contributed by atoms with Gasteiger partial charge in [-0.1, -0.05) is 16.7 Å². The van der Waals surface area contributed by atoms with E-state index in [1.54, 1.807) is 0 Å². The Labute approximate surface area is 78.8 Å². The Hall–Kier alpha value is -0.960. The summed E-state index contributed by atoms with van der Waals surface area (Å²) < 4.78 is 0. The van der Waals surface area contributed by atoms with Crippen molar-refractivity contribution >= 4 is 28.9 Å². The standard InChI is InChI=1S/C6H4Cl2N4/c7-2-6-5(11-12-9)1-4(8)3-10-6/h1,3H,2H2. The van der Waals surface area contributed by atoms with E-state index < -0.39 is 0 Å². The van der Waals surface area contributed by atoms with Gasteiger partial charge in [0, 0.05) is 11.1 Å². The van der Waals surface area contributed by atoms with Crippen molar-refractivity contribution in [3.8, 4) is 0 Å². The van der Waals surface area contributed by atoms with Crippen LogP contribution in [-0.2, 0) is 5.88 Å². The molecule has 0 atom stereocenters. The van der Waals surface area contributed by atoms with Gasteiger partial charge in [0.05, 0.1) is 22.3 Å². The quantitative estimate of drug-likeness (QED) is 0.314. The summed E-state index contributed by atoms with van der Waals surface area (Å²) in [5.41, 5.74) is 9.08. The second-order valence-electron chi connectivity index (χ2n) is 1.94. The number of azide groups is 1. The van der Waals surface area contributed by atoms with E-state index >= 15 is 0 Å². The Bertz CT molecular complexity index is 332. The maximum absolute atomic E-state index is 8.17. The lowest BCUT2D eigenvalue weighted by molar-refractivity contribution is 1.15. The van der Waals surface area contributed by atoms with Gasteiger partial charge in [0.15, 0.2) is 0 Å². The van der Waals surface area contributed by atoms with Crippen LogP contribution in [-0.4, -0.2) is 4.98 Å². The Kier molecular flexibility index (Phi) is 3.17. The second-order valence-corrected chi connectivity index (χ2v) is 2.65. The van der Waals surface area contributed by atoms with Gasteiger partial charge in [-0.25, -0.2) is 0 Å². The van der Waals surface area contributed by atoms with E-state index in [1.807, 2.05) is 0 Å². The molecule has 0 aliphatic rings. The van der Waals surface area contributed by atoms with Gasteiger partial charge in [-0.2, -0.15) is 0 Å². The third-order valence-electron chi connectivity index (χ3n) is 1.19. The maximum Gasteiger partial charge on any atom is 0.0652 e. The highest BCUT2D eigenvalue weighted by Crippen LogP contribution is 2.22. The Morgan fingerprint density at radius 2 is 2.42 bits per heavy atom. The molecule has 12 heavy (non-hydrogen) atoms. The van der Waals surface area contributed by atoms with Gasteiger partial charge in [-0.15, -0.1) is 11.6 Å². The fraction of sp³-hybridized carbons (Fsp3) is 0.167. The van der Waals surface area contributed by atoms with Gasteiger partial charge in [-0.3, -0.25) is 4.98 Å². The monoisotopic (exact) mass is 202 g/mol. The summed E-state index contributed by atoms with van der Waals surface area (Å²) in [6.45, 7) is 0. The van der Waals surface area contributed by atoms with Crippen LogP contribution >= 0.6 is 23.2 Å². The lowest BCUT2D eigenvalue weighted by atomic mass is 10.3. The van der Waals surface area contributed by atoms with Crippen LogP contribution in [0.1, 0.15) is 5.69 Å². The minimum atomic E-state index is 0.200. The molecule has 1 heterocycles. The van der Waals surface area contributed by atoms with Gasteiger partial charge < -0.3 is 0 Å². The highest BCUT2D eigenvalue weighted by molar-refractivity contribution is 6.30. The van der Waals surface area contributed by atoms with E-state index in [9.17, 15) is 0 Å². The van der Waals surface area contributed by atoms with Crippen LogP contribution in [0.3, 0.4) is 0 Å². The zero-order valence-corrected chi connectivity index (χ0v) is 7.42. The van der Waals surface area contributed by atoms with Crippen molar-refractivity contribution in [3.05, 3.63) is 33.4 Å². The molecule has 1 rings (SSSR count). The third kappa shape index (κ3) is 2.01. The number of pyridine rings is 1. The predicted molar refractivity (Wildman–Crippen MR) is 47.6 cm³/mol. The molecule has 1 aromatic heterocycles. The molecule has 0 fully saturated rings. The van der Waals surface area contributed by atoms with Crippen LogP contribution in [0.5, 0.6) is 0 Å². The first-order chi connectivity index (χ1) is 5.77. The van der Waals surface area contributed by atoms with Gasteiger partial charge in [0.1, 0.15) is 0 Å². The lowest BCUT2D eigenvalue weighted by Gasteiger charge is -1.98. The van der Waals surface area contributed by atoms with Crippen LogP contribution in [0.25, 0.3) is 10.4 Å². The van der Waals surface area contributed by atoms with E-state index in [2.05, 4.69) is 15.0 Å². The smallest absolute Gasteiger partial charge is 0.0652 e. The molecule has 0 N–H and O–H groups in total. The first kappa shape index (κ1) is 9.13. The zero-order chi connectivity index (χ0) is 8.97. The number of aromatic nitrogens is 1. The predicted octanol–water partition coefficient (Wildman–Crippen LogP) is 3.42. The molecule has 0 radical (unpaired) electrons. The summed E-state index contributed by atoms with van der Waals surface area (Å²) in [7, 11) is 0. The van der Waals surface area contributed by atoms with Gasteiger partial charge in [-0.05, 0) is 11.6 Å². The van der Waals surface area contributed by atoms with E-state index in [1.165, 1.54) is 12.3 Å². The SMILES string of the molecule is [N-]=[N+]=Nc1cc(Cl)cnc1CCl. The molecule has 6 heteroatoms. The molecule has 0 spiro atoms. The summed E-state index contributed by atoms with van der Waals surface area (Å²) >= 11 is 11.2. The van der Waals surface area contributed by atoms with Crippen molar-refractivity contribution in [1.82, 2.24) is 4.98 Å². The highest BCUT2D eigenvalue weighted by Gasteiger charge is 2.00. The second kappa shape index (κ2) is 4.16. The average Bonchev–Trinajstić information content (AvgIpc) is 2.05. The Balaban J connectivity index is 3.20. The summed E-state index contributed by atoms with van der Waals surface area (Å²) in [6.07, 6.45) is 1.45. The zero-order valence-electron chi connectivity index (χ0n) is 5.91. The number of rotatable bonds is 2. The number of alkyl halides is 1. The first-order valence-corrected chi connectivity index (χ1v) is 3.94. The molecule has 0 aliphatic heterocycles. The molecule has 62 valence electrons. The highest BCUT2D eigenvalue weighted by atomic mass is 35.5. The molecule has 0 saturated carbocycles. The molecular weight excluding hydrogens is 199 g/mol. The van der Waals surface area contributed by atoms with Crippen molar-refractivity contribution in [2.24, 2.45) is 5.11 Å². The molecule has 0 unspecified atom stereocenters. The number of halogens is 2. The van der Waals surface area contributed by atoms with Crippen molar-refractivity contribution in [2.45, 2.75) is 5.88 Å². The number of nitrogens with zero attached hydrogens (tertiary/aromatic N) is 4. The average molecular weight is 203 g/mol. The third-order valence-corrected chi connectivity index (χ3v) is 1.65. The van der Waals surface area contributed by atoms with Crippen molar-refractivity contribution < 1.29 is 0 Å². The van der Waals surface area contributed by atoms with Crippen LogP contribution in [0, 0.1) is 0 Å². The Morgan fingerprint density at radius 3 is 3.00 bits per heavy atom. The van der Waals surface area contributed by atoms with E-state index in [4.69, 9.17) is 28.7 Å². The molecule has 0 amide bonds. The first-order valence-electron chi connectivity index (χ1n) is 3.03. The minimum Gasteiger partial charge on any atom is -0.258 e. The molecule has 0 bridgehead atoms. The molecule has 4 nitrogen and oxygen atoms in total. The molecular formula is C6H4Cl2N4. The fourth-order valence-corrected chi connectivity index (χ4v) is 1.05. The molecule has 0 aromatic carbocycles. The van der Waals surface area contributed by atoms with Crippen LogP contribution in [0.15, 0.2) is 17.4 Å². The van der Waals surface area contributed by atoms with Crippen molar-refractivity contribution in [3.63, 3.8) is 0 Å². The van der Waals surface area contributed by atoms with Crippen molar-refractivity contribution in [2.75, 3.05) is 0 Å². The number of hydrogen-bond donors (Lipinski definition) is 0. The van der Waals surface area contributed by atoms with Crippen molar-refractivity contribution in [1.29, 1.82) is 0 Å². The molecule has 0 aliphatic carbocycles. The van der Waals surface area contributed by atoms with Gasteiger partial charge >= 0.3 is 0 Å². The lowest BCUT2D eigenvalue weighted by Crippen LogP contribution is -1.84. The summed E-state index contributed by atoms with van der Waals surface area (Å²) in [4.78, 5) is 6.51. The summed E-state index contributed by atoms with van der Waals surface area (Å²) in [6, 6.07) is 1.52. The maximum atomic E-state index is 8.17. The Morgan fingerprint density at radius 1 is 1.67 bits per heavy atom. The molecule has 0 saturated heterocycles. The summed E-state index contributed by atoms with van der Waals surface area (Å²) in [5, 5.41) is 3.81. The normalized spacial score (nSPS) is 9.17. The largest absolute Gasteiger partial charge is 0.258 e. The van der Waals surface area contributed by atoms with Gasteiger partial charge in [0.25, 0.3) is 0 Å². The fourth-order valence-electron chi connectivity index (χ4n) is 0.695. The van der Waals surface area contributed by atoms with E-state index in [0.717, 1.165) is 0 Å². The topological polar surface area (TPSA) is 61.7 Å². The molecule has 1 aromatic rings. The van der Waals surface area contributed by atoms with E-state index in [0.29, 0.717) is 16.4 Å². The summed E-state index contributed by atoms with van der Waals surface area (Å²) in [5.74, 6) is 0.200. The van der Waals surface area contributed by atoms with E-state index in [-0.39, 0.29) is 5.88 Å².